The molecule has 0 saturated heterocycles. The van der Waals surface area contributed by atoms with Crippen LogP contribution in [-0.4, -0.2) is 26.9 Å². The van der Waals surface area contributed by atoms with Gasteiger partial charge in [0.05, 0.1) is 12.3 Å². The van der Waals surface area contributed by atoms with Gasteiger partial charge in [0.15, 0.2) is 0 Å². The monoisotopic (exact) mass is 344 g/mol. The molecule has 1 aromatic carbocycles. The Morgan fingerprint density at radius 2 is 2.12 bits per heavy atom. The van der Waals surface area contributed by atoms with Gasteiger partial charge in [0, 0.05) is 13.0 Å². The van der Waals surface area contributed by atoms with Crippen LogP contribution in [-0.2, 0) is 24.3 Å². The van der Waals surface area contributed by atoms with Crippen LogP contribution in [0.15, 0.2) is 29.1 Å². The average molecular weight is 344 g/mol. The molecule has 1 amide bonds. The molecule has 7 nitrogen and oxygen atoms in total. The van der Waals surface area contributed by atoms with Crippen LogP contribution in [0, 0.1) is 0 Å². The van der Waals surface area contributed by atoms with E-state index in [0.29, 0.717) is 24.6 Å². The van der Waals surface area contributed by atoms with Crippen molar-refractivity contribution >= 4 is 11.6 Å². The van der Waals surface area contributed by atoms with Crippen LogP contribution in [0.1, 0.15) is 38.4 Å². The van der Waals surface area contributed by atoms with E-state index in [2.05, 4.69) is 10.4 Å². The van der Waals surface area contributed by atoms with Gasteiger partial charge in [0.2, 0.25) is 5.91 Å². The lowest BCUT2D eigenvalue weighted by atomic mass is 10.2. The molecule has 3 rings (SSSR count). The van der Waals surface area contributed by atoms with Crippen LogP contribution in [0.5, 0.6) is 5.75 Å². The summed E-state index contributed by atoms with van der Waals surface area (Å²) in [5.74, 6) is 1.12. The summed E-state index contributed by atoms with van der Waals surface area (Å²) in [6.07, 6.45) is 4.80. The summed E-state index contributed by atoms with van der Waals surface area (Å²) in [5.41, 5.74) is 0.400. The summed E-state index contributed by atoms with van der Waals surface area (Å²) in [6.45, 7) is 3.20. The number of carbonyl (C=O) groups is 1. The van der Waals surface area contributed by atoms with Gasteiger partial charge in [-0.15, -0.1) is 0 Å². The molecule has 1 N–H and O–H groups in total. The molecule has 1 aliphatic rings. The Bertz CT molecular complexity index is 794. The van der Waals surface area contributed by atoms with Gasteiger partial charge in [0.1, 0.15) is 18.1 Å². The van der Waals surface area contributed by atoms with Crippen LogP contribution in [0.2, 0.25) is 0 Å². The Hall–Kier alpha value is -2.57. The molecule has 134 valence electrons. The normalized spacial score (nSPS) is 13.8. The number of para-hydroxylation sites is 2. The Morgan fingerprint density at radius 3 is 2.96 bits per heavy atom. The number of nitrogens with zero attached hydrogens (tertiary/aromatic N) is 3. The number of carbonyl (C=O) groups excluding carboxylic acids is 1. The summed E-state index contributed by atoms with van der Waals surface area (Å²) < 4.78 is 8.59. The number of rotatable bonds is 6. The minimum absolute atomic E-state index is 0.0963. The lowest BCUT2D eigenvalue weighted by Gasteiger charge is -2.11. The number of hydrogen-bond donors (Lipinski definition) is 1. The average Bonchev–Trinajstić information content (AvgIpc) is 2.78. The molecule has 1 aromatic heterocycles. The van der Waals surface area contributed by atoms with E-state index < -0.39 is 0 Å². The summed E-state index contributed by atoms with van der Waals surface area (Å²) in [5, 5.41) is 7.15. The molecular weight excluding hydrogens is 320 g/mol. The zero-order valence-electron chi connectivity index (χ0n) is 14.5. The summed E-state index contributed by atoms with van der Waals surface area (Å²) in [6, 6.07) is 7.29. The molecule has 0 saturated carbocycles. The number of aromatic nitrogens is 3. The van der Waals surface area contributed by atoms with Crippen molar-refractivity contribution in [3.63, 3.8) is 0 Å². The van der Waals surface area contributed by atoms with Crippen molar-refractivity contribution in [1.82, 2.24) is 14.3 Å². The highest BCUT2D eigenvalue weighted by Crippen LogP contribution is 2.23. The first kappa shape index (κ1) is 17.3. The minimum Gasteiger partial charge on any atom is -0.491 e. The van der Waals surface area contributed by atoms with Gasteiger partial charge in [-0.05, 0) is 31.4 Å². The number of nitrogens with one attached hydrogen (secondary N) is 1. The number of benzene rings is 1. The molecule has 0 fully saturated rings. The minimum atomic E-state index is -0.289. The quantitative estimate of drug-likeness (QED) is 0.871. The van der Waals surface area contributed by atoms with Crippen molar-refractivity contribution in [1.29, 1.82) is 0 Å². The number of amides is 1. The van der Waals surface area contributed by atoms with E-state index in [1.807, 2.05) is 25.1 Å². The van der Waals surface area contributed by atoms with E-state index in [9.17, 15) is 9.59 Å². The predicted molar refractivity (Wildman–Crippen MR) is 94.9 cm³/mol. The van der Waals surface area contributed by atoms with Crippen molar-refractivity contribution in [3.05, 3.63) is 40.6 Å². The van der Waals surface area contributed by atoms with E-state index in [-0.39, 0.29) is 18.1 Å². The van der Waals surface area contributed by atoms with Crippen molar-refractivity contribution in [2.24, 2.45) is 0 Å². The summed E-state index contributed by atoms with van der Waals surface area (Å²) in [4.78, 5) is 24.8. The van der Waals surface area contributed by atoms with Gasteiger partial charge in [-0.1, -0.05) is 25.5 Å². The van der Waals surface area contributed by atoms with Gasteiger partial charge in [-0.3, -0.25) is 9.36 Å². The highest BCUT2D eigenvalue weighted by atomic mass is 16.5. The molecule has 0 unspecified atom stereocenters. The molecule has 25 heavy (non-hydrogen) atoms. The van der Waals surface area contributed by atoms with E-state index in [1.165, 1.54) is 4.68 Å². The highest BCUT2D eigenvalue weighted by molar-refractivity contribution is 5.92. The maximum atomic E-state index is 12.4. The number of hydrogen-bond acceptors (Lipinski definition) is 4. The molecule has 0 aliphatic carbocycles. The Morgan fingerprint density at radius 1 is 1.28 bits per heavy atom. The highest BCUT2D eigenvalue weighted by Gasteiger charge is 2.17. The van der Waals surface area contributed by atoms with Gasteiger partial charge < -0.3 is 10.1 Å². The molecular formula is C18H24N4O3. The maximum Gasteiger partial charge on any atom is 0.346 e. The lowest BCUT2D eigenvalue weighted by Crippen LogP contribution is -2.30. The van der Waals surface area contributed by atoms with E-state index in [0.717, 1.165) is 37.9 Å². The number of ether oxygens (including phenoxy) is 1. The second kappa shape index (κ2) is 8.00. The fourth-order valence-corrected chi connectivity index (χ4v) is 2.96. The van der Waals surface area contributed by atoms with E-state index in [4.69, 9.17) is 4.74 Å². The van der Waals surface area contributed by atoms with Crippen LogP contribution in [0.3, 0.4) is 0 Å². The largest absolute Gasteiger partial charge is 0.491 e. The van der Waals surface area contributed by atoms with Crippen molar-refractivity contribution in [2.75, 3.05) is 11.9 Å². The Balaban J connectivity index is 1.71. The molecule has 2 aromatic rings. The van der Waals surface area contributed by atoms with Crippen molar-refractivity contribution in [3.8, 4) is 5.75 Å². The molecule has 0 bridgehead atoms. The van der Waals surface area contributed by atoms with Crippen molar-refractivity contribution in [2.45, 2.75) is 52.1 Å². The van der Waals surface area contributed by atoms with Crippen LogP contribution in [0.4, 0.5) is 5.69 Å². The van der Waals surface area contributed by atoms with E-state index >= 15 is 0 Å². The van der Waals surface area contributed by atoms with Crippen LogP contribution >= 0.6 is 0 Å². The van der Waals surface area contributed by atoms with Gasteiger partial charge in [-0.25, -0.2) is 9.48 Å². The first-order valence-corrected chi connectivity index (χ1v) is 8.87. The second-order valence-corrected chi connectivity index (χ2v) is 6.21. The summed E-state index contributed by atoms with van der Waals surface area (Å²) >= 11 is 0. The van der Waals surface area contributed by atoms with Crippen molar-refractivity contribution < 1.29 is 9.53 Å². The molecule has 0 atom stereocenters. The zero-order chi connectivity index (χ0) is 17.6. The standard InChI is InChI=1S/C18H24N4O3/c1-2-12-25-15-9-6-5-8-14(15)19-17(23)13-22-18(24)21-11-7-3-4-10-16(21)20-22/h5-6,8-9H,2-4,7,10-13H2,1H3,(H,19,23). The SMILES string of the molecule is CCCOc1ccccc1NC(=O)Cn1nc2n(c1=O)CCCCC2. The molecule has 2 heterocycles. The van der Waals surface area contributed by atoms with Crippen LogP contribution < -0.4 is 15.7 Å². The first-order chi connectivity index (χ1) is 12.2. The zero-order valence-corrected chi connectivity index (χ0v) is 14.5. The molecule has 0 spiro atoms. The summed E-state index contributed by atoms with van der Waals surface area (Å²) in [7, 11) is 0. The van der Waals surface area contributed by atoms with Gasteiger partial charge >= 0.3 is 5.69 Å². The first-order valence-electron chi connectivity index (χ1n) is 8.87. The fourth-order valence-electron chi connectivity index (χ4n) is 2.96. The predicted octanol–water partition coefficient (Wildman–Crippen LogP) is 2.20. The second-order valence-electron chi connectivity index (χ2n) is 6.21. The van der Waals surface area contributed by atoms with E-state index in [1.54, 1.807) is 10.6 Å². The molecule has 0 radical (unpaired) electrons. The third-order valence-corrected chi connectivity index (χ3v) is 4.20. The van der Waals surface area contributed by atoms with Gasteiger partial charge in [0.25, 0.3) is 0 Å². The topological polar surface area (TPSA) is 78.2 Å². The lowest BCUT2D eigenvalue weighted by molar-refractivity contribution is -0.117. The number of aryl methyl sites for hydroxylation is 1. The third-order valence-electron chi connectivity index (χ3n) is 4.20. The maximum absolute atomic E-state index is 12.4. The smallest absolute Gasteiger partial charge is 0.346 e. The van der Waals surface area contributed by atoms with Gasteiger partial charge in [-0.2, -0.15) is 5.10 Å². The van der Waals surface area contributed by atoms with Crippen LogP contribution in [0.25, 0.3) is 0 Å². The fraction of sp³-hybridized carbons (Fsp3) is 0.500. The molecule has 1 aliphatic heterocycles. The molecule has 7 heteroatoms. The number of fused-ring (bicyclic) bond motifs is 1. The Kier molecular flexibility index (Phi) is 5.53. The third kappa shape index (κ3) is 4.10. The number of anilines is 1. The Labute approximate surface area is 146 Å².